The molecule has 2 nitrogen and oxygen atoms in total. The Bertz CT molecular complexity index is 543. The molecule has 0 unspecified atom stereocenters. The van der Waals surface area contributed by atoms with Gasteiger partial charge in [-0.1, -0.05) is 13.0 Å². The van der Waals surface area contributed by atoms with Gasteiger partial charge in [0, 0.05) is 6.20 Å². The van der Waals surface area contributed by atoms with Gasteiger partial charge in [0.15, 0.2) is 0 Å². The molecule has 0 aliphatic heterocycles. The smallest absolute Gasteiger partial charge is 0.348 e. The number of alkyl halides is 3. The van der Waals surface area contributed by atoms with Crippen LogP contribution in [0.15, 0.2) is 29.0 Å². The maximum Gasteiger partial charge on any atom is 0.419 e. The van der Waals surface area contributed by atoms with Crippen molar-refractivity contribution < 1.29 is 13.2 Å². The van der Waals surface area contributed by atoms with E-state index in [4.69, 9.17) is 0 Å². The second-order valence-corrected chi connectivity index (χ2v) is 4.61. The molecule has 2 heterocycles. The van der Waals surface area contributed by atoms with Crippen molar-refractivity contribution in [2.24, 2.45) is 0 Å². The number of nitrogens with zero attached hydrogens (tertiary/aromatic N) is 1. The third kappa shape index (κ3) is 2.58. The van der Waals surface area contributed by atoms with Crippen molar-refractivity contribution in [1.82, 2.24) is 9.97 Å². The number of hydrogen-bond donors (Lipinski definition) is 1. The number of hydrogen-bond acceptors (Lipinski definition) is 1. The Hall–Kier alpha value is -1.30. The zero-order chi connectivity index (χ0) is 13.3. The summed E-state index contributed by atoms with van der Waals surface area (Å²) in [6.45, 7) is 1.99. The summed E-state index contributed by atoms with van der Waals surface area (Å²) in [5.74, 6) is 0. The van der Waals surface area contributed by atoms with Gasteiger partial charge < -0.3 is 4.98 Å². The van der Waals surface area contributed by atoms with E-state index in [0.717, 1.165) is 18.1 Å². The second kappa shape index (κ2) is 4.76. The predicted octanol–water partition coefficient (Wildman–Crippen LogP) is 4.42. The summed E-state index contributed by atoms with van der Waals surface area (Å²) in [5, 5.41) is 0. The Morgan fingerprint density at radius 3 is 2.50 bits per heavy atom. The standard InChI is InChI=1S/C12H10BrF3N2/c1-2-7-3-4-9(17-6-7)10-5-8(11(13)18-10)12(14,15)16/h3-6,18H,2H2,1H3. The van der Waals surface area contributed by atoms with Crippen LogP contribution in [0.2, 0.25) is 0 Å². The molecule has 2 aromatic rings. The fourth-order valence-electron chi connectivity index (χ4n) is 1.57. The number of halogens is 4. The lowest BCUT2D eigenvalue weighted by Crippen LogP contribution is -2.03. The molecular formula is C12H10BrF3N2. The van der Waals surface area contributed by atoms with Gasteiger partial charge in [0.25, 0.3) is 0 Å². The summed E-state index contributed by atoms with van der Waals surface area (Å²) < 4.78 is 37.8. The third-order valence-electron chi connectivity index (χ3n) is 2.58. The lowest BCUT2D eigenvalue weighted by molar-refractivity contribution is -0.138. The van der Waals surface area contributed by atoms with Crippen LogP contribution in [0, 0.1) is 0 Å². The van der Waals surface area contributed by atoms with Gasteiger partial charge in [0.1, 0.15) is 0 Å². The lowest BCUT2D eigenvalue weighted by Gasteiger charge is -2.02. The van der Waals surface area contributed by atoms with Crippen molar-refractivity contribution in [1.29, 1.82) is 0 Å². The van der Waals surface area contributed by atoms with E-state index in [9.17, 15) is 13.2 Å². The van der Waals surface area contributed by atoms with E-state index in [1.807, 2.05) is 13.0 Å². The largest absolute Gasteiger partial charge is 0.419 e. The topological polar surface area (TPSA) is 28.7 Å². The monoisotopic (exact) mass is 318 g/mol. The summed E-state index contributed by atoms with van der Waals surface area (Å²) in [6.07, 6.45) is -1.87. The summed E-state index contributed by atoms with van der Waals surface area (Å²) in [7, 11) is 0. The number of pyridine rings is 1. The molecular weight excluding hydrogens is 309 g/mol. The van der Waals surface area contributed by atoms with Crippen LogP contribution in [0.3, 0.4) is 0 Å². The van der Waals surface area contributed by atoms with Gasteiger partial charge in [-0.05, 0) is 40.0 Å². The van der Waals surface area contributed by atoms with Crippen LogP contribution < -0.4 is 0 Å². The van der Waals surface area contributed by atoms with E-state index in [0.29, 0.717) is 11.4 Å². The Kier molecular flexibility index (Phi) is 3.47. The minimum atomic E-state index is -4.38. The van der Waals surface area contributed by atoms with Crippen LogP contribution in [0.25, 0.3) is 11.4 Å². The molecule has 0 aliphatic rings. The van der Waals surface area contributed by atoms with Gasteiger partial charge in [-0.2, -0.15) is 13.2 Å². The third-order valence-corrected chi connectivity index (χ3v) is 3.21. The molecule has 0 saturated carbocycles. The molecule has 0 bridgehead atoms. The SMILES string of the molecule is CCc1ccc(-c2cc(C(F)(F)F)c(Br)[nH]2)nc1. The van der Waals surface area contributed by atoms with Crippen molar-refractivity contribution >= 4 is 15.9 Å². The van der Waals surface area contributed by atoms with E-state index < -0.39 is 11.7 Å². The number of nitrogens with one attached hydrogen (secondary N) is 1. The first-order chi connectivity index (χ1) is 8.41. The first-order valence-electron chi connectivity index (χ1n) is 5.33. The average Bonchev–Trinajstić information content (AvgIpc) is 2.71. The van der Waals surface area contributed by atoms with Gasteiger partial charge in [-0.25, -0.2) is 0 Å². The zero-order valence-electron chi connectivity index (χ0n) is 9.48. The lowest BCUT2D eigenvalue weighted by atomic mass is 10.2. The summed E-state index contributed by atoms with van der Waals surface area (Å²) in [6, 6.07) is 4.61. The second-order valence-electron chi connectivity index (χ2n) is 3.81. The summed E-state index contributed by atoms with van der Waals surface area (Å²) in [5.41, 5.74) is 1.15. The van der Waals surface area contributed by atoms with Crippen LogP contribution in [-0.2, 0) is 12.6 Å². The Balaban J connectivity index is 2.39. The highest BCUT2D eigenvalue weighted by molar-refractivity contribution is 9.10. The van der Waals surface area contributed by atoms with Crippen LogP contribution in [0.5, 0.6) is 0 Å². The first-order valence-corrected chi connectivity index (χ1v) is 6.12. The highest BCUT2D eigenvalue weighted by Gasteiger charge is 2.34. The molecule has 18 heavy (non-hydrogen) atoms. The average molecular weight is 319 g/mol. The first kappa shape index (κ1) is 13.1. The minimum absolute atomic E-state index is 0.0774. The zero-order valence-corrected chi connectivity index (χ0v) is 11.1. The Morgan fingerprint density at radius 2 is 2.06 bits per heavy atom. The number of H-pyrrole nitrogens is 1. The summed E-state index contributed by atoms with van der Waals surface area (Å²) >= 11 is 2.88. The predicted molar refractivity (Wildman–Crippen MR) is 66.1 cm³/mol. The fourth-order valence-corrected chi connectivity index (χ4v) is 2.12. The number of rotatable bonds is 2. The van der Waals surface area contributed by atoms with Gasteiger partial charge in [0.05, 0.1) is 21.6 Å². The van der Waals surface area contributed by atoms with Crippen molar-refractivity contribution in [2.45, 2.75) is 19.5 Å². The molecule has 0 fully saturated rings. The molecule has 6 heteroatoms. The van der Waals surface area contributed by atoms with Crippen molar-refractivity contribution in [2.75, 3.05) is 0 Å². The highest BCUT2D eigenvalue weighted by Crippen LogP contribution is 2.37. The molecule has 1 N–H and O–H groups in total. The van der Waals surface area contributed by atoms with Gasteiger partial charge in [-0.3, -0.25) is 4.98 Å². The molecule has 0 atom stereocenters. The van der Waals surface area contributed by atoms with E-state index in [1.165, 1.54) is 0 Å². The van der Waals surface area contributed by atoms with Crippen molar-refractivity contribution in [3.63, 3.8) is 0 Å². The van der Waals surface area contributed by atoms with Gasteiger partial charge in [0.2, 0.25) is 0 Å². The van der Waals surface area contributed by atoms with E-state index in [1.54, 1.807) is 12.3 Å². The van der Waals surface area contributed by atoms with Crippen LogP contribution in [0.4, 0.5) is 13.2 Å². The summed E-state index contributed by atoms with van der Waals surface area (Å²) in [4.78, 5) is 6.78. The molecule has 0 aromatic carbocycles. The molecule has 0 aliphatic carbocycles. The highest BCUT2D eigenvalue weighted by atomic mass is 79.9. The minimum Gasteiger partial charge on any atom is -0.348 e. The van der Waals surface area contributed by atoms with Gasteiger partial charge >= 0.3 is 6.18 Å². The van der Waals surface area contributed by atoms with Crippen LogP contribution in [-0.4, -0.2) is 9.97 Å². The van der Waals surface area contributed by atoms with Crippen molar-refractivity contribution in [3.05, 3.63) is 40.1 Å². The number of aryl methyl sites for hydroxylation is 1. The number of aromatic nitrogens is 2. The molecule has 2 rings (SSSR count). The van der Waals surface area contributed by atoms with E-state index in [2.05, 4.69) is 25.9 Å². The number of aromatic amines is 1. The Labute approximate surface area is 110 Å². The maximum absolute atomic E-state index is 12.6. The molecule has 0 spiro atoms. The Morgan fingerprint density at radius 1 is 1.33 bits per heavy atom. The molecule has 96 valence electrons. The van der Waals surface area contributed by atoms with E-state index in [-0.39, 0.29) is 4.60 Å². The van der Waals surface area contributed by atoms with Crippen LogP contribution >= 0.6 is 15.9 Å². The normalized spacial score (nSPS) is 11.8. The molecule has 0 radical (unpaired) electrons. The molecule has 0 saturated heterocycles. The van der Waals surface area contributed by atoms with Crippen molar-refractivity contribution in [3.8, 4) is 11.4 Å². The fraction of sp³-hybridized carbons (Fsp3) is 0.250. The van der Waals surface area contributed by atoms with Crippen LogP contribution in [0.1, 0.15) is 18.1 Å². The van der Waals surface area contributed by atoms with E-state index >= 15 is 0 Å². The van der Waals surface area contributed by atoms with Gasteiger partial charge in [-0.15, -0.1) is 0 Å². The maximum atomic E-state index is 12.6. The molecule has 2 aromatic heterocycles. The quantitative estimate of drug-likeness (QED) is 0.872. The molecule has 0 amide bonds.